The summed E-state index contributed by atoms with van der Waals surface area (Å²) < 4.78 is 0. The van der Waals surface area contributed by atoms with Gasteiger partial charge in [-0.05, 0) is 46.2 Å². The lowest BCUT2D eigenvalue weighted by atomic mass is 9.87. The van der Waals surface area contributed by atoms with E-state index in [-0.39, 0.29) is 16.8 Å². The van der Waals surface area contributed by atoms with Crippen molar-refractivity contribution in [3.63, 3.8) is 0 Å². The number of hydrogen-bond acceptors (Lipinski definition) is 1. The summed E-state index contributed by atoms with van der Waals surface area (Å²) in [4.78, 5) is 1.76. The van der Waals surface area contributed by atoms with Gasteiger partial charge < -0.3 is 5.73 Å². The Bertz CT molecular complexity index is 641. The number of hydrogen-bond donors (Lipinski definition) is 2. The van der Waals surface area contributed by atoms with Crippen LogP contribution in [0.15, 0.2) is 48.5 Å². The highest BCUT2D eigenvalue weighted by molar-refractivity contribution is 5.99. The van der Waals surface area contributed by atoms with Crippen molar-refractivity contribution in [2.75, 3.05) is 4.90 Å². The van der Waals surface area contributed by atoms with Gasteiger partial charge in [-0.3, -0.25) is 10.3 Å². The van der Waals surface area contributed by atoms with Crippen molar-refractivity contribution in [3.8, 4) is 0 Å². The molecule has 2 aromatic rings. The molecule has 0 radical (unpaired) electrons. The minimum Gasteiger partial charge on any atom is -0.369 e. The lowest BCUT2D eigenvalue weighted by Crippen LogP contribution is -2.32. The molecule has 0 atom stereocenters. The van der Waals surface area contributed by atoms with Crippen LogP contribution in [0.4, 0.5) is 11.4 Å². The van der Waals surface area contributed by atoms with Crippen LogP contribution in [0.2, 0.25) is 0 Å². The van der Waals surface area contributed by atoms with Gasteiger partial charge in [-0.1, -0.05) is 65.8 Å². The zero-order valence-corrected chi connectivity index (χ0v) is 15.6. The number of nitrogens with two attached hydrogens (primary N) is 1. The molecule has 128 valence electrons. The number of nitrogens with zero attached hydrogens (tertiary/aromatic N) is 1. The Morgan fingerprint density at radius 3 is 1.21 bits per heavy atom. The maximum Gasteiger partial charge on any atom is 0.197 e. The van der Waals surface area contributed by atoms with Crippen LogP contribution in [-0.2, 0) is 10.8 Å². The van der Waals surface area contributed by atoms with Crippen LogP contribution in [0.3, 0.4) is 0 Å². The summed E-state index contributed by atoms with van der Waals surface area (Å²) in [5.74, 6) is 0.0158. The smallest absolute Gasteiger partial charge is 0.197 e. The van der Waals surface area contributed by atoms with Gasteiger partial charge in [0, 0.05) is 11.4 Å². The summed E-state index contributed by atoms with van der Waals surface area (Å²) in [5.41, 5.74) is 10.4. The lowest BCUT2D eigenvalue weighted by molar-refractivity contribution is 0.590. The fraction of sp³-hybridized carbons (Fsp3) is 0.381. The fourth-order valence-corrected chi connectivity index (χ4v) is 2.65. The predicted octanol–water partition coefficient (Wildman–Crippen LogP) is 5.31. The highest BCUT2D eigenvalue weighted by Gasteiger charge is 2.18. The van der Waals surface area contributed by atoms with Gasteiger partial charge in [-0.25, -0.2) is 0 Å². The first-order valence-corrected chi connectivity index (χ1v) is 8.35. The van der Waals surface area contributed by atoms with E-state index in [4.69, 9.17) is 11.1 Å². The standard InChI is InChI=1S/C21H29N3/c1-20(2,3)15-7-11-17(12-8-15)24(19(22)23)18-13-9-16(10-14-18)21(4,5)6/h7-14H,1-6H3,(H3,22,23). The summed E-state index contributed by atoms with van der Waals surface area (Å²) in [6.45, 7) is 13.1. The molecule has 2 rings (SSSR count). The maximum atomic E-state index is 7.98. The second-order valence-electron chi connectivity index (χ2n) is 8.31. The molecule has 2 aromatic carbocycles. The average molecular weight is 323 g/mol. The lowest BCUT2D eigenvalue weighted by Gasteiger charge is -2.26. The summed E-state index contributed by atoms with van der Waals surface area (Å²) in [6, 6.07) is 16.5. The third-order valence-electron chi connectivity index (χ3n) is 4.22. The van der Waals surface area contributed by atoms with Crippen molar-refractivity contribution in [1.29, 1.82) is 5.41 Å². The summed E-state index contributed by atoms with van der Waals surface area (Å²) in [6.07, 6.45) is 0. The van der Waals surface area contributed by atoms with Gasteiger partial charge in [0.2, 0.25) is 0 Å². The molecule has 0 aromatic heterocycles. The second-order valence-corrected chi connectivity index (χ2v) is 8.31. The molecule has 0 aliphatic carbocycles. The zero-order chi connectivity index (χ0) is 18.1. The summed E-state index contributed by atoms with van der Waals surface area (Å²) in [7, 11) is 0. The van der Waals surface area contributed by atoms with Crippen LogP contribution in [-0.4, -0.2) is 5.96 Å². The Kier molecular flexibility index (Phi) is 4.75. The number of anilines is 2. The molecule has 0 saturated heterocycles. The molecule has 3 heteroatoms. The largest absolute Gasteiger partial charge is 0.369 e. The number of benzene rings is 2. The number of guanidine groups is 1. The van der Waals surface area contributed by atoms with Crippen LogP contribution in [0.5, 0.6) is 0 Å². The monoisotopic (exact) mass is 323 g/mol. The fourth-order valence-electron chi connectivity index (χ4n) is 2.65. The number of rotatable bonds is 2. The van der Waals surface area contributed by atoms with Gasteiger partial charge in [0.05, 0.1) is 0 Å². The van der Waals surface area contributed by atoms with E-state index in [1.807, 2.05) is 24.3 Å². The molecule has 0 fully saturated rings. The maximum absolute atomic E-state index is 7.98. The average Bonchev–Trinajstić information content (AvgIpc) is 2.46. The Labute approximate surface area is 146 Å². The van der Waals surface area contributed by atoms with Gasteiger partial charge >= 0.3 is 0 Å². The van der Waals surface area contributed by atoms with Crippen LogP contribution >= 0.6 is 0 Å². The molecule has 0 amide bonds. The van der Waals surface area contributed by atoms with E-state index < -0.39 is 0 Å². The first-order valence-electron chi connectivity index (χ1n) is 8.35. The molecule has 0 heterocycles. The first-order chi connectivity index (χ1) is 11.0. The Hall–Kier alpha value is -2.29. The normalized spacial score (nSPS) is 12.1. The third kappa shape index (κ3) is 3.97. The molecular formula is C21H29N3. The van der Waals surface area contributed by atoms with Crippen molar-refractivity contribution in [1.82, 2.24) is 0 Å². The van der Waals surface area contributed by atoms with Crippen molar-refractivity contribution in [2.24, 2.45) is 5.73 Å². The van der Waals surface area contributed by atoms with Gasteiger partial charge in [-0.2, -0.15) is 0 Å². The third-order valence-corrected chi connectivity index (χ3v) is 4.22. The van der Waals surface area contributed by atoms with Crippen molar-refractivity contribution < 1.29 is 0 Å². The molecule has 0 spiro atoms. The molecule has 0 aliphatic rings. The van der Waals surface area contributed by atoms with Gasteiger partial charge in [-0.15, -0.1) is 0 Å². The minimum absolute atomic E-state index is 0.0158. The molecule has 3 nitrogen and oxygen atoms in total. The Balaban J connectivity index is 2.38. The highest BCUT2D eigenvalue weighted by atomic mass is 15.2. The molecular weight excluding hydrogens is 294 g/mol. The molecule has 0 bridgehead atoms. The van der Waals surface area contributed by atoms with Gasteiger partial charge in [0.15, 0.2) is 5.96 Å². The van der Waals surface area contributed by atoms with Gasteiger partial charge in [0.1, 0.15) is 0 Å². The van der Waals surface area contributed by atoms with Crippen molar-refractivity contribution >= 4 is 17.3 Å². The molecule has 24 heavy (non-hydrogen) atoms. The van der Waals surface area contributed by atoms with Crippen molar-refractivity contribution in [3.05, 3.63) is 59.7 Å². The molecule has 0 aliphatic heterocycles. The van der Waals surface area contributed by atoms with E-state index in [1.165, 1.54) is 11.1 Å². The van der Waals surface area contributed by atoms with Gasteiger partial charge in [0.25, 0.3) is 0 Å². The summed E-state index contributed by atoms with van der Waals surface area (Å²) in [5, 5.41) is 7.98. The van der Waals surface area contributed by atoms with E-state index in [0.29, 0.717) is 0 Å². The van der Waals surface area contributed by atoms with E-state index in [2.05, 4.69) is 65.8 Å². The SMILES string of the molecule is CC(C)(C)c1ccc(N(C(=N)N)c2ccc(C(C)(C)C)cc2)cc1. The van der Waals surface area contributed by atoms with Crippen molar-refractivity contribution in [2.45, 2.75) is 52.4 Å². The van der Waals surface area contributed by atoms with E-state index >= 15 is 0 Å². The van der Waals surface area contributed by atoms with E-state index in [9.17, 15) is 0 Å². The zero-order valence-electron chi connectivity index (χ0n) is 15.6. The van der Waals surface area contributed by atoms with Crippen LogP contribution in [0.25, 0.3) is 0 Å². The van der Waals surface area contributed by atoms with Crippen LogP contribution in [0.1, 0.15) is 52.7 Å². The molecule has 3 N–H and O–H groups in total. The summed E-state index contributed by atoms with van der Waals surface area (Å²) >= 11 is 0. The van der Waals surface area contributed by atoms with E-state index in [1.54, 1.807) is 4.90 Å². The highest BCUT2D eigenvalue weighted by Crippen LogP contribution is 2.30. The number of nitrogens with one attached hydrogen (secondary N) is 1. The quantitative estimate of drug-likeness (QED) is 0.581. The first kappa shape index (κ1) is 18.1. The topological polar surface area (TPSA) is 53.1 Å². The Morgan fingerprint density at radius 2 is 1.00 bits per heavy atom. The Morgan fingerprint density at radius 1 is 0.708 bits per heavy atom. The molecule has 0 unspecified atom stereocenters. The molecule has 0 saturated carbocycles. The second kappa shape index (κ2) is 6.31. The minimum atomic E-state index is 0.0158. The van der Waals surface area contributed by atoms with Crippen LogP contribution < -0.4 is 10.6 Å². The van der Waals surface area contributed by atoms with Crippen LogP contribution in [0, 0.1) is 5.41 Å². The predicted molar refractivity (Wildman–Crippen MR) is 104 cm³/mol. The van der Waals surface area contributed by atoms with E-state index in [0.717, 1.165) is 11.4 Å².